The third-order valence-electron chi connectivity index (χ3n) is 1.87. The average molecular weight is 259 g/mol. The number of aromatic amines is 1. The van der Waals surface area contributed by atoms with Crippen molar-refractivity contribution in [2.75, 3.05) is 0 Å². The molecule has 2 rings (SSSR count). The second-order valence-corrected chi connectivity index (χ2v) is 3.89. The molecule has 1 aromatic carbocycles. The second kappa shape index (κ2) is 3.16. The van der Waals surface area contributed by atoms with Gasteiger partial charge in [-0.2, -0.15) is 0 Å². The molecule has 0 aliphatic heterocycles. The van der Waals surface area contributed by atoms with Crippen molar-refractivity contribution >= 4 is 44.7 Å². The summed E-state index contributed by atoms with van der Waals surface area (Å²) >= 11 is 9.06. The van der Waals surface area contributed by atoms with Crippen molar-refractivity contribution in [3.05, 3.63) is 33.4 Å². The minimum Gasteiger partial charge on any atom is -0.349 e. The number of carbonyl (C=O) groups is 1. The fourth-order valence-corrected chi connectivity index (χ4v) is 1.97. The van der Waals surface area contributed by atoms with Crippen LogP contribution in [-0.4, -0.2) is 11.3 Å². The zero-order chi connectivity index (χ0) is 9.42. The Morgan fingerprint density at radius 2 is 2.23 bits per heavy atom. The van der Waals surface area contributed by atoms with Crippen LogP contribution < -0.4 is 0 Å². The molecule has 0 aliphatic carbocycles. The number of fused-ring (bicyclic) bond motifs is 1. The van der Waals surface area contributed by atoms with Gasteiger partial charge in [0.2, 0.25) is 0 Å². The molecule has 1 heterocycles. The summed E-state index contributed by atoms with van der Waals surface area (Å²) in [5, 5.41) is 1.53. The molecule has 0 atom stereocenters. The molecule has 0 spiro atoms. The molecule has 0 unspecified atom stereocenters. The molecular formula is C9H5BrClNO. The number of halogens is 2. The summed E-state index contributed by atoms with van der Waals surface area (Å²) in [7, 11) is 0. The summed E-state index contributed by atoms with van der Waals surface area (Å²) in [5.41, 5.74) is 1.49. The number of hydrogen-bond donors (Lipinski definition) is 1. The van der Waals surface area contributed by atoms with E-state index in [1.807, 2.05) is 6.07 Å². The summed E-state index contributed by atoms with van der Waals surface area (Å²) in [6, 6.07) is 5.37. The van der Waals surface area contributed by atoms with Gasteiger partial charge in [-0.25, -0.2) is 0 Å². The molecule has 1 aromatic heterocycles. The molecule has 0 saturated carbocycles. The standard InChI is InChI=1S/C9H5BrClNO/c10-9-7(4-13)6-2-1-5(11)3-8(6)12-9/h1-4,12H. The lowest BCUT2D eigenvalue weighted by Gasteiger charge is -1.90. The van der Waals surface area contributed by atoms with Gasteiger partial charge in [-0.15, -0.1) is 0 Å². The Kier molecular flexibility index (Phi) is 2.14. The summed E-state index contributed by atoms with van der Waals surface area (Å²) in [6.45, 7) is 0. The Labute approximate surface area is 88.0 Å². The first-order valence-electron chi connectivity index (χ1n) is 3.64. The van der Waals surface area contributed by atoms with Crippen LogP contribution >= 0.6 is 27.5 Å². The fourth-order valence-electron chi connectivity index (χ4n) is 1.27. The van der Waals surface area contributed by atoms with E-state index in [1.54, 1.807) is 12.1 Å². The number of rotatable bonds is 1. The number of nitrogens with one attached hydrogen (secondary N) is 1. The highest BCUT2D eigenvalue weighted by Gasteiger charge is 2.07. The van der Waals surface area contributed by atoms with Crippen LogP contribution in [0.1, 0.15) is 10.4 Å². The van der Waals surface area contributed by atoms with Gasteiger partial charge >= 0.3 is 0 Å². The van der Waals surface area contributed by atoms with E-state index in [0.29, 0.717) is 15.2 Å². The number of H-pyrrole nitrogens is 1. The predicted octanol–water partition coefficient (Wildman–Crippen LogP) is 3.40. The van der Waals surface area contributed by atoms with Gasteiger partial charge < -0.3 is 4.98 Å². The van der Waals surface area contributed by atoms with E-state index in [9.17, 15) is 4.79 Å². The summed E-state index contributed by atoms with van der Waals surface area (Å²) < 4.78 is 0.694. The second-order valence-electron chi connectivity index (χ2n) is 2.66. The molecule has 0 bridgehead atoms. The van der Waals surface area contributed by atoms with Gasteiger partial charge in [0.1, 0.15) is 0 Å². The van der Waals surface area contributed by atoms with E-state index >= 15 is 0 Å². The zero-order valence-corrected chi connectivity index (χ0v) is 8.82. The molecule has 0 fully saturated rings. The first kappa shape index (κ1) is 8.78. The highest BCUT2D eigenvalue weighted by Crippen LogP contribution is 2.26. The number of hydrogen-bond acceptors (Lipinski definition) is 1. The maximum absolute atomic E-state index is 10.7. The molecule has 0 amide bonds. The molecule has 66 valence electrons. The Balaban J connectivity index is 2.86. The van der Waals surface area contributed by atoms with Gasteiger partial charge in [-0.3, -0.25) is 4.79 Å². The van der Waals surface area contributed by atoms with Crippen LogP contribution in [0.15, 0.2) is 22.8 Å². The largest absolute Gasteiger partial charge is 0.349 e. The van der Waals surface area contributed by atoms with Crippen LogP contribution in [0.25, 0.3) is 10.9 Å². The Bertz CT molecular complexity index is 478. The lowest BCUT2D eigenvalue weighted by atomic mass is 10.2. The minimum atomic E-state index is 0.631. The van der Waals surface area contributed by atoms with E-state index in [1.165, 1.54) is 0 Å². The molecule has 0 saturated heterocycles. The average Bonchev–Trinajstić information content (AvgIpc) is 2.39. The maximum Gasteiger partial charge on any atom is 0.153 e. The fraction of sp³-hybridized carbons (Fsp3) is 0. The Hall–Kier alpha value is -0.800. The lowest BCUT2D eigenvalue weighted by Crippen LogP contribution is -1.75. The molecule has 4 heteroatoms. The van der Waals surface area contributed by atoms with Gasteiger partial charge in [0, 0.05) is 15.9 Å². The molecule has 2 nitrogen and oxygen atoms in total. The topological polar surface area (TPSA) is 32.9 Å². The van der Waals surface area contributed by atoms with Gasteiger partial charge in [0.15, 0.2) is 6.29 Å². The van der Waals surface area contributed by atoms with Crippen LogP contribution in [0.2, 0.25) is 5.02 Å². The third kappa shape index (κ3) is 1.38. The van der Waals surface area contributed by atoms with Crippen LogP contribution in [0, 0.1) is 0 Å². The van der Waals surface area contributed by atoms with Crippen molar-refractivity contribution in [3.8, 4) is 0 Å². The minimum absolute atomic E-state index is 0.631. The van der Waals surface area contributed by atoms with Gasteiger partial charge in [-0.05, 0) is 28.1 Å². The molecule has 2 aromatic rings. The molecular weight excluding hydrogens is 253 g/mol. The van der Waals surface area contributed by atoms with E-state index in [-0.39, 0.29) is 0 Å². The van der Waals surface area contributed by atoms with E-state index in [2.05, 4.69) is 20.9 Å². The van der Waals surface area contributed by atoms with Crippen molar-refractivity contribution in [3.63, 3.8) is 0 Å². The molecule has 0 aliphatic rings. The molecule has 0 radical (unpaired) electrons. The maximum atomic E-state index is 10.7. The van der Waals surface area contributed by atoms with Crippen molar-refractivity contribution in [1.29, 1.82) is 0 Å². The number of benzene rings is 1. The van der Waals surface area contributed by atoms with Crippen molar-refractivity contribution < 1.29 is 4.79 Å². The van der Waals surface area contributed by atoms with Crippen molar-refractivity contribution in [1.82, 2.24) is 4.98 Å². The number of carbonyl (C=O) groups excluding carboxylic acids is 1. The highest BCUT2D eigenvalue weighted by atomic mass is 79.9. The SMILES string of the molecule is O=Cc1c(Br)[nH]c2cc(Cl)ccc12. The smallest absolute Gasteiger partial charge is 0.153 e. The summed E-state index contributed by atoms with van der Waals surface area (Å²) in [4.78, 5) is 13.7. The van der Waals surface area contributed by atoms with Crippen LogP contribution in [0.3, 0.4) is 0 Å². The summed E-state index contributed by atoms with van der Waals surface area (Å²) in [6.07, 6.45) is 0.816. The van der Waals surface area contributed by atoms with Crippen LogP contribution in [-0.2, 0) is 0 Å². The monoisotopic (exact) mass is 257 g/mol. The predicted molar refractivity (Wildman–Crippen MR) is 56.4 cm³/mol. The first-order valence-corrected chi connectivity index (χ1v) is 4.81. The van der Waals surface area contributed by atoms with Crippen molar-refractivity contribution in [2.24, 2.45) is 0 Å². The van der Waals surface area contributed by atoms with Crippen molar-refractivity contribution in [2.45, 2.75) is 0 Å². The number of aromatic nitrogens is 1. The first-order chi connectivity index (χ1) is 6.22. The van der Waals surface area contributed by atoms with E-state index < -0.39 is 0 Å². The Morgan fingerprint density at radius 1 is 1.46 bits per heavy atom. The van der Waals surface area contributed by atoms with E-state index in [4.69, 9.17) is 11.6 Å². The lowest BCUT2D eigenvalue weighted by molar-refractivity contribution is 0.112. The molecule has 1 N–H and O–H groups in total. The number of aldehydes is 1. The van der Waals surface area contributed by atoms with Gasteiger partial charge in [0.05, 0.1) is 10.2 Å². The van der Waals surface area contributed by atoms with Gasteiger partial charge in [0.25, 0.3) is 0 Å². The highest BCUT2D eigenvalue weighted by molar-refractivity contribution is 9.10. The quantitative estimate of drug-likeness (QED) is 0.781. The Morgan fingerprint density at radius 3 is 2.92 bits per heavy atom. The van der Waals surface area contributed by atoms with Crippen LogP contribution in [0.5, 0.6) is 0 Å². The van der Waals surface area contributed by atoms with E-state index in [0.717, 1.165) is 17.2 Å². The normalized spacial score (nSPS) is 10.6. The third-order valence-corrected chi connectivity index (χ3v) is 2.73. The van der Waals surface area contributed by atoms with Gasteiger partial charge in [-0.1, -0.05) is 17.7 Å². The molecule has 13 heavy (non-hydrogen) atoms. The summed E-state index contributed by atoms with van der Waals surface area (Å²) in [5.74, 6) is 0. The van der Waals surface area contributed by atoms with Crippen LogP contribution in [0.4, 0.5) is 0 Å². The zero-order valence-electron chi connectivity index (χ0n) is 6.47.